The molecule has 36 heavy (non-hydrogen) atoms. The van der Waals surface area contributed by atoms with Crippen LogP contribution in [0.5, 0.6) is 0 Å². The van der Waals surface area contributed by atoms with E-state index in [0.717, 1.165) is 25.7 Å². The second-order valence-corrected chi connectivity index (χ2v) is 14.5. The van der Waals surface area contributed by atoms with Crippen molar-refractivity contribution >= 4 is 16.0 Å². The number of halogens is 2. The Morgan fingerprint density at radius 2 is 1.69 bits per heavy atom. The maximum atomic E-state index is 16.0. The van der Waals surface area contributed by atoms with Crippen molar-refractivity contribution in [1.29, 1.82) is 0 Å². The predicted octanol–water partition coefficient (Wildman–Crippen LogP) is 3.99. The number of hydrogen-bond donors (Lipinski definition) is 4. The number of amides is 1. The van der Waals surface area contributed by atoms with E-state index >= 15 is 4.39 Å². The Morgan fingerprint density at radius 1 is 1.03 bits per heavy atom. The van der Waals surface area contributed by atoms with Gasteiger partial charge in [-0.1, -0.05) is 20.8 Å². The fourth-order valence-corrected chi connectivity index (χ4v) is 9.45. The molecule has 0 saturated heterocycles. The second-order valence-electron chi connectivity index (χ2n) is 13.0. The molecule has 208 valence electrons. The van der Waals surface area contributed by atoms with E-state index in [4.69, 9.17) is 4.55 Å². The molecule has 0 aromatic carbocycles. The van der Waals surface area contributed by atoms with E-state index in [1.807, 2.05) is 0 Å². The summed E-state index contributed by atoms with van der Waals surface area (Å²) in [6.07, 6.45) is 4.54. The highest BCUT2D eigenvalue weighted by molar-refractivity contribution is 7.85. The largest absolute Gasteiger partial charge is 0.362 e. The van der Waals surface area contributed by atoms with Crippen LogP contribution in [0.25, 0.3) is 0 Å². The van der Waals surface area contributed by atoms with Crippen LogP contribution in [0.2, 0.25) is 0 Å². The number of carbonyl (C=O) groups excluding carboxylic acids is 1. The summed E-state index contributed by atoms with van der Waals surface area (Å²) >= 11 is 0. The molecule has 0 bridgehead atoms. The summed E-state index contributed by atoms with van der Waals surface area (Å²) in [6, 6.07) is 0. The first-order chi connectivity index (χ1) is 16.5. The molecule has 1 amide bonds. The van der Waals surface area contributed by atoms with Crippen molar-refractivity contribution in [3.63, 3.8) is 0 Å². The van der Waals surface area contributed by atoms with E-state index < -0.39 is 39.4 Å². The van der Waals surface area contributed by atoms with Gasteiger partial charge in [0, 0.05) is 38.1 Å². The third-order valence-electron chi connectivity index (χ3n) is 11.0. The number of hydrogen-bond acceptors (Lipinski definition) is 5. The van der Waals surface area contributed by atoms with Gasteiger partial charge in [-0.2, -0.15) is 8.42 Å². The molecule has 4 fully saturated rings. The van der Waals surface area contributed by atoms with Crippen molar-refractivity contribution in [2.24, 2.45) is 46.3 Å². The normalized spacial score (nSPS) is 47.4. The number of aliphatic hydroxyl groups is 2. The maximum absolute atomic E-state index is 16.0. The molecule has 10 atom stereocenters. The summed E-state index contributed by atoms with van der Waals surface area (Å²) < 4.78 is 60.9. The summed E-state index contributed by atoms with van der Waals surface area (Å²) in [4.78, 5) is 12.2. The lowest BCUT2D eigenvalue weighted by molar-refractivity contribution is -0.284. The Balaban J connectivity index is 1.44. The molecule has 0 heterocycles. The average molecular weight is 536 g/mol. The zero-order valence-electron chi connectivity index (χ0n) is 21.7. The molecule has 0 radical (unpaired) electrons. The number of carbonyl (C=O) groups is 1. The lowest BCUT2D eigenvalue weighted by atomic mass is 9.43. The first-order valence-corrected chi connectivity index (χ1v) is 15.1. The van der Waals surface area contributed by atoms with Crippen LogP contribution >= 0.6 is 0 Å². The molecule has 4 aliphatic rings. The summed E-state index contributed by atoms with van der Waals surface area (Å²) in [7, 11) is -4.12. The molecule has 0 aromatic rings. The van der Waals surface area contributed by atoms with Crippen LogP contribution in [0, 0.1) is 46.3 Å². The maximum Gasteiger partial charge on any atom is 0.266 e. The molecule has 0 aromatic heterocycles. The predicted molar refractivity (Wildman–Crippen MR) is 131 cm³/mol. The van der Waals surface area contributed by atoms with E-state index in [1.165, 1.54) is 0 Å². The lowest BCUT2D eigenvalue weighted by Crippen LogP contribution is -2.63. The van der Waals surface area contributed by atoms with Gasteiger partial charge in [-0.25, -0.2) is 8.78 Å². The van der Waals surface area contributed by atoms with E-state index in [9.17, 15) is 27.8 Å². The van der Waals surface area contributed by atoms with E-state index in [-0.39, 0.29) is 72.6 Å². The van der Waals surface area contributed by atoms with Gasteiger partial charge in [0.25, 0.3) is 10.1 Å². The molecule has 4 rings (SSSR count). The quantitative estimate of drug-likeness (QED) is 0.366. The third-order valence-corrected chi connectivity index (χ3v) is 11.7. The first-order valence-electron chi connectivity index (χ1n) is 13.5. The zero-order valence-corrected chi connectivity index (χ0v) is 22.5. The molecule has 0 spiro atoms. The standard InChI is InChI=1S/C26H43F2NO6S/c1-16(4-7-21(30)29-12-13-36(33,34)35)18-5-6-19-22-20(8-9-24(18,19)3)23(2)10-11-25(27,31)14-17(23)15-26(22,28)32/h16-20,22,31-32H,4-15H2,1-3H3,(H,29,30)(H,33,34,35). The summed E-state index contributed by atoms with van der Waals surface area (Å²) in [5.74, 6) is -5.94. The molecule has 4 N–H and O–H groups in total. The van der Waals surface area contributed by atoms with Gasteiger partial charge in [-0.05, 0) is 78.9 Å². The SMILES string of the molecule is CC(CCC(=O)NCCS(=O)(=O)O)C1CCC2C3C(CCC12C)C1(C)CCC(O)(F)CC1CC3(O)F. The van der Waals surface area contributed by atoms with Gasteiger partial charge >= 0.3 is 0 Å². The monoisotopic (exact) mass is 535 g/mol. The summed E-state index contributed by atoms with van der Waals surface area (Å²) in [6.45, 7) is 6.30. The van der Waals surface area contributed by atoms with Crippen LogP contribution in [0.4, 0.5) is 8.78 Å². The van der Waals surface area contributed by atoms with Crippen LogP contribution < -0.4 is 5.32 Å². The topological polar surface area (TPSA) is 124 Å². The van der Waals surface area contributed by atoms with Crippen molar-refractivity contribution in [3.8, 4) is 0 Å². The van der Waals surface area contributed by atoms with Crippen molar-refractivity contribution < 1.29 is 36.8 Å². The minimum absolute atomic E-state index is 0.00579. The van der Waals surface area contributed by atoms with E-state index in [2.05, 4.69) is 26.1 Å². The molecule has 0 aliphatic heterocycles. The Labute approximate surface area is 213 Å². The van der Waals surface area contributed by atoms with Crippen LogP contribution in [0.1, 0.15) is 85.0 Å². The second kappa shape index (κ2) is 9.42. The van der Waals surface area contributed by atoms with Crippen LogP contribution in [-0.4, -0.2) is 53.1 Å². The Kier molecular flexibility index (Phi) is 7.37. The molecule has 4 aliphatic carbocycles. The smallest absolute Gasteiger partial charge is 0.266 e. The molecule has 4 saturated carbocycles. The van der Waals surface area contributed by atoms with Crippen LogP contribution in [0.15, 0.2) is 0 Å². The van der Waals surface area contributed by atoms with E-state index in [1.54, 1.807) is 0 Å². The summed E-state index contributed by atoms with van der Waals surface area (Å²) in [5.41, 5.74) is -0.465. The average Bonchev–Trinajstić information content (AvgIpc) is 3.09. The molecular formula is C26H43F2NO6S. The number of rotatable bonds is 7. The molecule has 10 heteroatoms. The van der Waals surface area contributed by atoms with E-state index in [0.29, 0.717) is 12.8 Å². The van der Waals surface area contributed by atoms with Gasteiger partial charge in [0.05, 0.1) is 5.75 Å². The summed E-state index contributed by atoms with van der Waals surface area (Å²) in [5, 5.41) is 23.7. The molecule has 7 nitrogen and oxygen atoms in total. The van der Waals surface area contributed by atoms with Gasteiger partial charge in [0.2, 0.25) is 17.6 Å². The van der Waals surface area contributed by atoms with Crippen LogP contribution in [0.3, 0.4) is 0 Å². The van der Waals surface area contributed by atoms with Crippen molar-refractivity contribution in [2.45, 2.75) is 96.7 Å². The van der Waals surface area contributed by atoms with Gasteiger partial charge in [-0.3, -0.25) is 9.35 Å². The third kappa shape index (κ3) is 5.21. The van der Waals surface area contributed by atoms with Crippen molar-refractivity contribution in [3.05, 3.63) is 0 Å². The van der Waals surface area contributed by atoms with Gasteiger partial charge in [0.1, 0.15) is 0 Å². The Morgan fingerprint density at radius 3 is 2.36 bits per heavy atom. The molecular weight excluding hydrogens is 492 g/mol. The Bertz CT molecular complexity index is 958. The fraction of sp³-hybridized carbons (Fsp3) is 0.962. The highest BCUT2D eigenvalue weighted by atomic mass is 32.2. The zero-order chi connectivity index (χ0) is 26.7. The Hall–Kier alpha value is -0.840. The minimum Gasteiger partial charge on any atom is -0.362 e. The number of nitrogens with one attached hydrogen (secondary N) is 1. The number of fused-ring (bicyclic) bond motifs is 5. The first kappa shape index (κ1) is 28.2. The lowest BCUT2D eigenvalue weighted by Gasteiger charge is -2.63. The number of alkyl halides is 2. The molecule has 10 unspecified atom stereocenters. The fourth-order valence-electron chi connectivity index (χ4n) is 9.09. The van der Waals surface area contributed by atoms with Crippen molar-refractivity contribution in [2.75, 3.05) is 12.3 Å². The van der Waals surface area contributed by atoms with Crippen LogP contribution in [-0.2, 0) is 14.9 Å². The highest BCUT2D eigenvalue weighted by Gasteiger charge is 2.68. The van der Waals surface area contributed by atoms with Gasteiger partial charge in [-0.15, -0.1) is 0 Å². The van der Waals surface area contributed by atoms with Crippen molar-refractivity contribution in [1.82, 2.24) is 5.32 Å². The van der Waals surface area contributed by atoms with Gasteiger partial charge < -0.3 is 15.5 Å². The van der Waals surface area contributed by atoms with Gasteiger partial charge in [0.15, 0.2) is 0 Å². The highest BCUT2D eigenvalue weighted by Crippen LogP contribution is 2.71. The minimum atomic E-state index is -4.12.